The van der Waals surface area contributed by atoms with Gasteiger partial charge in [0.15, 0.2) is 0 Å². The third kappa shape index (κ3) is 6.29. The van der Waals surface area contributed by atoms with Crippen molar-refractivity contribution in [2.75, 3.05) is 6.54 Å². The van der Waals surface area contributed by atoms with Gasteiger partial charge < -0.3 is 16.2 Å². The fourth-order valence-corrected chi connectivity index (χ4v) is 2.15. The molecule has 0 bridgehead atoms. The highest BCUT2D eigenvalue weighted by molar-refractivity contribution is 9.10. The lowest BCUT2D eigenvalue weighted by Crippen LogP contribution is -2.43. The van der Waals surface area contributed by atoms with Gasteiger partial charge in [0.25, 0.3) is 0 Å². The zero-order valence-corrected chi connectivity index (χ0v) is 13.2. The number of hydrogen-bond acceptors (Lipinski definition) is 3. The molecule has 3 nitrogen and oxygen atoms in total. The third-order valence-electron chi connectivity index (χ3n) is 2.43. The fraction of sp³-hybridized carbons (Fsp3) is 0.667. The molecule has 0 spiro atoms. The van der Waals surface area contributed by atoms with E-state index in [0.29, 0.717) is 18.5 Å². The van der Waals surface area contributed by atoms with E-state index < -0.39 is 16.4 Å². The molecule has 6 heteroatoms. The van der Waals surface area contributed by atoms with Gasteiger partial charge in [0.1, 0.15) is 5.83 Å². The first kappa shape index (κ1) is 18.1. The largest absolute Gasteiger partial charge is 0.387 e. The molecule has 1 aliphatic carbocycles. The molecule has 18 heavy (non-hydrogen) atoms. The van der Waals surface area contributed by atoms with E-state index in [1.54, 1.807) is 0 Å². The van der Waals surface area contributed by atoms with Crippen LogP contribution in [0.15, 0.2) is 23.6 Å². The van der Waals surface area contributed by atoms with Gasteiger partial charge in [0.05, 0.1) is 10.6 Å². The van der Waals surface area contributed by atoms with Crippen molar-refractivity contribution in [2.24, 2.45) is 5.73 Å². The summed E-state index contributed by atoms with van der Waals surface area (Å²) >= 11 is 3.22. The Kier molecular flexibility index (Phi) is 6.50. The molecule has 0 radical (unpaired) electrons. The molecule has 0 amide bonds. The van der Waals surface area contributed by atoms with Crippen molar-refractivity contribution < 1.29 is 9.50 Å². The molecule has 0 aromatic carbocycles. The van der Waals surface area contributed by atoms with Gasteiger partial charge in [-0.05, 0) is 38.5 Å². The minimum Gasteiger partial charge on any atom is -0.387 e. The van der Waals surface area contributed by atoms with Crippen molar-refractivity contribution in [1.29, 1.82) is 0 Å². The molecule has 0 heterocycles. The molecule has 2 unspecified atom stereocenters. The van der Waals surface area contributed by atoms with Crippen LogP contribution in [-0.4, -0.2) is 27.7 Å². The lowest BCUT2D eigenvalue weighted by atomic mass is 9.95. The van der Waals surface area contributed by atoms with E-state index in [1.165, 1.54) is 12.2 Å². The van der Waals surface area contributed by atoms with Crippen LogP contribution in [0.1, 0.15) is 27.2 Å². The molecule has 0 aliphatic heterocycles. The number of aliphatic hydroxyl groups excluding tert-OH is 1. The Bertz CT molecular complexity index is 350. The number of halogens is 3. The Balaban J connectivity index is 0.00000289. The number of β-amino-alcohol motifs (C(OH)–C–C–N with tert-alkyl or cyclic N) is 1. The van der Waals surface area contributed by atoms with Crippen LogP contribution < -0.4 is 11.1 Å². The average Bonchev–Trinajstić information content (AvgIpc) is 2.09. The summed E-state index contributed by atoms with van der Waals surface area (Å²) in [5.74, 6) is -0.416. The number of alkyl halides is 1. The molecule has 0 aromatic heterocycles. The van der Waals surface area contributed by atoms with Crippen LogP contribution in [0.3, 0.4) is 0 Å². The summed E-state index contributed by atoms with van der Waals surface area (Å²) in [5, 5.41) is 13.2. The zero-order chi connectivity index (χ0) is 13.3. The maximum Gasteiger partial charge on any atom is 0.121 e. The number of nitrogens with one attached hydrogen (secondary N) is 1. The third-order valence-corrected chi connectivity index (χ3v) is 2.94. The summed E-state index contributed by atoms with van der Waals surface area (Å²) in [6.45, 7) is 6.40. The van der Waals surface area contributed by atoms with Gasteiger partial charge in [0.2, 0.25) is 0 Å². The highest BCUT2D eigenvalue weighted by atomic mass is 79.9. The SMILES string of the molecule is CC(C)(C)NCC(O)C1=CC(F)=CC(N)(Br)C1.Cl. The van der Waals surface area contributed by atoms with Crippen LogP contribution in [0.5, 0.6) is 0 Å². The minimum absolute atomic E-state index is 0. The van der Waals surface area contributed by atoms with Gasteiger partial charge >= 0.3 is 0 Å². The number of hydrogen-bond donors (Lipinski definition) is 3. The minimum atomic E-state index is -0.899. The zero-order valence-electron chi connectivity index (χ0n) is 10.8. The van der Waals surface area contributed by atoms with Gasteiger partial charge in [-0.1, -0.05) is 15.9 Å². The van der Waals surface area contributed by atoms with E-state index in [4.69, 9.17) is 5.73 Å². The molecule has 0 saturated carbocycles. The van der Waals surface area contributed by atoms with Crippen LogP contribution in [-0.2, 0) is 0 Å². The first-order chi connectivity index (χ1) is 7.59. The Morgan fingerprint density at radius 3 is 2.61 bits per heavy atom. The molecule has 4 N–H and O–H groups in total. The van der Waals surface area contributed by atoms with E-state index >= 15 is 0 Å². The second-order valence-electron chi connectivity index (χ2n) is 5.50. The quantitative estimate of drug-likeness (QED) is 0.545. The standard InChI is InChI=1S/C12H20BrFN2O.ClH/c1-11(2,3)16-7-10(17)8-4-9(14)6-12(13,15)5-8;/h4,6,10,16-17H,5,7,15H2,1-3H3;1H. The lowest BCUT2D eigenvalue weighted by Gasteiger charge is -2.29. The summed E-state index contributed by atoms with van der Waals surface area (Å²) in [5.41, 5.74) is 6.32. The lowest BCUT2D eigenvalue weighted by molar-refractivity contribution is 0.188. The fourth-order valence-electron chi connectivity index (χ4n) is 1.61. The van der Waals surface area contributed by atoms with Gasteiger partial charge in [-0.25, -0.2) is 4.39 Å². The Labute approximate surface area is 122 Å². The molecule has 0 aromatic rings. The van der Waals surface area contributed by atoms with Crippen molar-refractivity contribution in [1.82, 2.24) is 5.32 Å². The molecule has 0 saturated heterocycles. The first-order valence-corrected chi connectivity index (χ1v) is 6.38. The summed E-state index contributed by atoms with van der Waals surface area (Å²) < 4.78 is 12.4. The van der Waals surface area contributed by atoms with Gasteiger partial charge in [-0.15, -0.1) is 12.4 Å². The first-order valence-electron chi connectivity index (χ1n) is 5.59. The molecule has 1 rings (SSSR count). The molecule has 1 aliphatic rings. The number of nitrogens with two attached hydrogens (primary N) is 1. The van der Waals surface area contributed by atoms with Crippen LogP contribution in [0, 0.1) is 0 Å². The van der Waals surface area contributed by atoms with Gasteiger partial charge in [-0.3, -0.25) is 0 Å². The summed E-state index contributed by atoms with van der Waals surface area (Å²) in [7, 11) is 0. The van der Waals surface area contributed by atoms with Gasteiger partial charge in [-0.2, -0.15) is 0 Å². The van der Waals surface area contributed by atoms with E-state index in [-0.39, 0.29) is 17.9 Å². The molecule has 2 atom stereocenters. The number of allylic oxidation sites excluding steroid dienone is 2. The van der Waals surface area contributed by atoms with Crippen LogP contribution in [0.4, 0.5) is 4.39 Å². The number of aliphatic hydroxyl groups is 1. The highest BCUT2D eigenvalue weighted by Gasteiger charge is 2.28. The predicted octanol–water partition coefficient (Wildman–Crippen LogP) is 2.39. The average molecular weight is 344 g/mol. The Morgan fingerprint density at radius 1 is 1.61 bits per heavy atom. The molecule has 0 fully saturated rings. The second kappa shape index (κ2) is 6.48. The maximum atomic E-state index is 13.3. The van der Waals surface area contributed by atoms with Crippen molar-refractivity contribution in [3.05, 3.63) is 23.6 Å². The topological polar surface area (TPSA) is 58.3 Å². The highest BCUT2D eigenvalue weighted by Crippen LogP contribution is 2.31. The molecular formula is C12H21BrClFN2O. The van der Waals surface area contributed by atoms with E-state index in [2.05, 4.69) is 21.2 Å². The van der Waals surface area contributed by atoms with E-state index in [0.717, 1.165) is 0 Å². The summed E-state index contributed by atoms with van der Waals surface area (Å²) in [4.78, 5) is 0. The second-order valence-corrected chi connectivity index (χ2v) is 6.98. The maximum absolute atomic E-state index is 13.3. The van der Waals surface area contributed by atoms with Crippen LogP contribution in [0.2, 0.25) is 0 Å². The monoisotopic (exact) mass is 342 g/mol. The molecular weight excluding hydrogens is 322 g/mol. The van der Waals surface area contributed by atoms with E-state index in [9.17, 15) is 9.50 Å². The number of rotatable bonds is 3. The van der Waals surface area contributed by atoms with Gasteiger partial charge in [0, 0.05) is 18.5 Å². The summed E-state index contributed by atoms with van der Waals surface area (Å²) in [6, 6.07) is 0. The van der Waals surface area contributed by atoms with Crippen molar-refractivity contribution in [3.63, 3.8) is 0 Å². The normalized spacial score (nSPS) is 25.9. The van der Waals surface area contributed by atoms with E-state index in [1.807, 2.05) is 20.8 Å². The summed E-state index contributed by atoms with van der Waals surface area (Å²) in [6.07, 6.45) is 2.32. The smallest absolute Gasteiger partial charge is 0.121 e. The Hall–Kier alpha value is 0.0600. The van der Waals surface area contributed by atoms with Crippen LogP contribution >= 0.6 is 28.3 Å². The van der Waals surface area contributed by atoms with Crippen molar-refractivity contribution in [3.8, 4) is 0 Å². The Morgan fingerprint density at radius 2 is 2.17 bits per heavy atom. The molecule has 106 valence electrons. The van der Waals surface area contributed by atoms with Crippen molar-refractivity contribution in [2.45, 2.75) is 43.3 Å². The predicted molar refractivity (Wildman–Crippen MR) is 78.7 cm³/mol. The van der Waals surface area contributed by atoms with Crippen molar-refractivity contribution >= 4 is 28.3 Å². The van der Waals surface area contributed by atoms with Crippen LogP contribution in [0.25, 0.3) is 0 Å².